The number of carbonyl (C=O) groups is 1. The minimum absolute atomic E-state index is 0.0392. The maximum Gasteiger partial charge on any atom is 0.241 e. The summed E-state index contributed by atoms with van der Waals surface area (Å²) in [6.45, 7) is 6.96. The van der Waals surface area contributed by atoms with Crippen LogP contribution in [0.5, 0.6) is 0 Å². The van der Waals surface area contributed by atoms with Crippen molar-refractivity contribution in [3.05, 3.63) is 0 Å². The summed E-state index contributed by atoms with van der Waals surface area (Å²) in [5.41, 5.74) is 0. The molecule has 1 rings (SSSR count). The van der Waals surface area contributed by atoms with Gasteiger partial charge in [-0.1, -0.05) is 33.6 Å². The molecule has 0 radical (unpaired) electrons. The fourth-order valence-corrected chi connectivity index (χ4v) is 2.80. The van der Waals surface area contributed by atoms with E-state index in [2.05, 4.69) is 26.1 Å². The molecule has 0 bridgehead atoms. The second-order valence-electron chi connectivity index (χ2n) is 5.36. The summed E-state index contributed by atoms with van der Waals surface area (Å²) in [4.78, 5) is 14.2. The van der Waals surface area contributed by atoms with Crippen LogP contribution in [0.25, 0.3) is 0 Å². The predicted octanol–water partition coefficient (Wildman–Crippen LogP) is 1.34. The second-order valence-corrected chi connectivity index (χ2v) is 6.91. The number of rotatable bonds is 7. The molecule has 1 aliphatic rings. The van der Waals surface area contributed by atoms with E-state index >= 15 is 0 Å². The summed E-state index contributed by atoms with van der Waals surface area (Å²) in [6.07, 6.45) is 4.87. The Morgan fingerprint density at radius 1 is 1.44 bits per heavy atom. The van der Waals surface area contributed by atoms with Crippen LogP contribution in [0.4, 0.5) is 0 Å². The molecular weight excluding hydrogens is 248 g/mol. The van der Waals surface area contributed by atoms with Gasteiger partial charge in [0.2, 0.25) is 5.91 Å². The van der Waals surface area contributed by atoms with E-state index in [4.69, 9.17) is 0 Å². The van der Waals surface area contributed by atoms with E-state index in [0.717, 1.165) is 19.3 Å². The summed E-state index contributed by atoms with van der Waals surface area (Å²) >= 11 is 0. The summed E-state index contributed by atoms with van der Waals surface area (Å²) in [7, 11) is -0.843. The Morgan fingerprint density at radius 2 is 2.11 bits per heavy atom. The van der Waals surface area contributed by atoms with Gasteiger partial charge >= 0.3 is 0 Å². The molecule has 0 aliphatic carbocycles. The highest BCUT2D eigenvalue weighted by atomic mass is 32.2. The van der Waals surface area contributed by atoms with E-state index in [0.29, 0.717) is 18.2 Å². The first-order chi connectivity index (χ1) is 8.47. The Morgan fingerprint density at radius 3 is 2.61 bits per heavy atom. The van der Waals surface area contributed by atoms with Crippen LogP contribution in [-0.2, 0) is 15.6 Å². The minimum Gasteiger partial charge on any atom is -0.325 e. The number of hydrogen-bond donors (Lipinski definition) is 1. The fraction of sp³-hybridized carbons (Fsp3) is 0.923. The highest BCUT2D eigenvalue weighted by Gasteiger charge is 2.39. The number of amides is 1. The Hall–Kier alpha value is -0.420. The molecule has 1 heterocycles. The van der Waals surface area contributed by atoms with Crippen molar-refractivity contribution in [2.75, 3.05) is 18.6 Å². The van der Waals surface area contributed by atoms with E-state index < -0.39 is 10.8 Å². The number of nitrogens with zero attached hydrogens (tertiary/aromatic N) is 1. The monoisotopic (exact) mass is 274 g/mol. The lowest BCUT2D eigenvalue weighted by molar-refractivity contribution is -0.130. The fourth-order valence-electron chi connectivity index (χ4n) is 2.35. The first-order valence-corrected chi connectivity index (χ1v) is 8.56. The van der Waals surface area contributed by atoms with Crippen LogP contribution in [0.2, 0.25) is 0 Å². The van der Waals surface area contributed by atoms with E-state index in [1.807, 2.05) is 4.90 Å². The van der Waals surface area contributed by atoms with Crippen molar-refractivity contribution in [3.63, 3.8) is 0 Å². The number of nitrogens with one attached hydrogen (secondary N) is 1. The van der Waals surface area contributed by atoms with Gasteiger partial charge in [-0.3, -0.25) is 14.3 Å². The molecule has 1 amide bonds. The summed E-state index contributed by atoms with van der Waals surface area (Å²) in [5.74, 6) is 1.13. The van der Waals surface area contributed by atoms with Crippen molar-refractivity contribution in [1.29, 1.82) is 0 Å². The average molecular weight is 274 g/mol. The summed E-state index contributed by atoms with van der Waals surface area (Å²) in [5, 5.41) is 3.43. The predicted molar refractivity (Wildman–Crippen MR) is 75.7 cm³/mol. The molecular formula is C13H26N2O2S. The van der Waals surface area contributed by atoms with Gasteiger partial charge in [0.1, 0.15) is 0 Å². The van der Waals surface area contributed by atoms with Gasteiger partial charge < -0.3 is 4.90 Å². The van der Waals surface area contributed by atoms with Crippen molar-refractivity contribution >= 4 is 16.7 Å². The van der Waals surface area contributed by atoms with Gasteiger partial charge in [0.05, 0.1) is 12.2 Å². The Labute approximate surface area is 113 Å². The summed E-state index contributed by atoms with van der Waals surface area (Å²) < 4.78 is 11.2. The van der Waals surface area contributed by atoms with E-state index in [-0.39, 0.29) is 18.1 Å². The third-order valence-electron chi connectivity index (χ3n) is 3.39. The normalized spacial score (nSPS) is 26.1. The molecule has 1 aliphatic heterocycles. The molecule has 1 saturated heterocycles. The molecule has 106 valence electrons. The lowest BCUT2D eigenvalue weighted by atomic mass is 10.1. The van der Waals surface area contributed by atoms with Crippen LogP contribution in [-0.4, -0.2) is 45.8 Å². The SMILES string of the molecule is CCCCC1NC(C(C)C)N(CCS(C)=O)C1=O. The van der Waals surface area contributed by atoms with Gasteiger partial charge in [-0.05, 0) is 12.3 Å². The molecule has 3 atom stereocenters. The molecule has 0 saturated carbocycles. The third-order valence-corrected chi connectivity index (χ3v) is 4.14. The second kappa shape index (κ2) is 7.24. The molecule has 0 aromatic rings. The summed E-state index contributed by atoms with van der Waals surface area (Å²) in [6, 6.07) is -0.0392. The highest BCUT2D eigenvalue weighted by molar-refractivity contribution is 7.84. The van der Waals surface area contributed by atoms with E-state index in [1.54, 1.807) is 6.26 Å². The van der Waals surface area contributed by atoms with Crippen molar-refractivity contribution in [3.8, 4) is 0 Å². The van der Waals surface area contributed by atoms with Crippen molar-refractivity contribution in [2.24, 2.45) is 5.92 Å². The lowest BCUT2D eigenvalue weighted by Gasteiger charge is -2.26. The molecule has 0 aromatic carbocycles. The highest BCUT2D eigenvalue weighted by Crippen LogP contribution is 2.20. The van der Waals surface area contributed by atoms with Crippen molar-refractivity contribution in [2.45, 2.75) is 52.2 Å². The standard InChI is InChI=1S/C13H26N2O2S/c1-5-6-7-11-13(16)15(8-9-18(4)17)12(14-11)10(2)3/h10-12,14H,5-9H2,1-4H3. The van der Waals surface area contributed by atoms with Gasteiger partial charge in [0.25, 0.3) is 0 Å². The number of hydrogen-bond acceptors (Lipinski definition) is 3. The molecule has 0 spiro atoms. The van der Waals surface area contributed by atoms with Gasteiger partial charge in [0, 0.05) is 29.4 Å². The molecule has 0 aromatic heterocycles. The van der Waals surface area contributed by atoms with E-state index in [9.17, 15) is 9.00 Å². The largest absolute Gasteiger partial charge is 0.325 e. The number of unbranched alkanes of at least 4 members (excludes halogenated alkanes) is 1. The zero-order valence-electron chi connectivity index (χ0n) is 11.9. The number of carbonyl (C=O) groups excluding carboxylic acids is 1. The first kappa shape index (κ1) is 15.6. The Balaban J connectivity index is 2.65. The molecule has 3 unspecified atom stereocenters. The van der Waals surface area contributed by atoms with Crippen LogP contribution < -0.4 is 5.32 Å². The maximum atomic E-state index is 12.3. The zero-order valence-corrected chi connectivity index (χ0v) is 12.8. The van der Waals surface area contributed by atoms with Gasteiger partial charge in [-0.2, -0.15) is 0 Å². The van der Waals surface area contributed by atoms with Crippen molar-refractivity contribution in [1.82, 2.24) is 10.2 Å². The smallest absolute Gasteiger partial charge is 0.241 e. The average Bonchev–Trinajstić information content (AvgIpc) is 2.61. The topological polar surface area (TPSA) is 49.4 Å². The quantitative estimate of drug-likeness (QED) is 0.762. The minimum atomic E-state index is -0.843. The van der Waals surface area contributed by atoms with Gasteiger partial charge in [-0.25, -0.2) is 0 Å². The van der Waals surface area contributed by atoms with Crippen LogP contribution in [0, 0.1) is 5.92 Å². The molecule has 4 nitrogen and oxygen atoms in total. The van der Waals surface area contributed by atoms with Gasteiger partial charge in [-0.15, -0.1) is 0 Å². The lowest BCUT2D eigenvalue weighted by Crippen LogP contribution is -2.43. The Kier molecular flexibility index (Phi) is 6.29. The molecule has 1 N–H and O–H groups in total. The maximum absolute atomic E-state index is 12.3. The van der Waals surface area contributed by atoms with Crippen LogP contribution in [0.3, 0.4) is 0 Å². The zero-order chi connectivity index (χ0) is 13.7. The van der Waals surface area contributed by atoms with Gasteiger partial charge in [0.15, 0.2) is 0 Å². The van der Waals surface area contributed by atoms with E-state index in [1.165, 1.54) is 0 Å². The molecule has 18 heavy (non-hydrogen) atoms. The first-order valence-electron chi connectivity index (χ1n) is 6.84. The van der Waals surface area contributed by atoms with Crippen LogP contribution in [0.15, 0.2) is 0 Å². The Bertz CT molecular complexity index is 307. The third kappa shape index (κ3) is 4.05. The molecule has 5 heteroatoms. The van der Waals surface area contributed by atoms with Crippen molar-refractivity contribution < 1.29 is 9.00 Å². The van der Waals surface area contributed by atoms with Crippen LogP contribution >= 0.6 is 0 Å². The van der Waals surface area contributed by atoms with Crippen LogP contribution in [0.1, 0.15) is 40.0 Å². The molecule has 1 fully saturated rings.